The molecule has 0 fully saturated rings. The predicted octanol–water partition coefficient (Wildman–Crippen LogP) is 3.33. The van der Waals surface area contributed by atoms with E-state index >= 15 is 0 Å². The van der Waals surface area contributed by atoms with Crippen LogP contribution in [0.2, 0.25) is 0 Å². The van der Waals surface area contributed by atoms with Crippen molar-refractivity contribution < 1.29 is 9.53 Å². The molecule has 2 nitrogen and oxygen atoms in total. The Labute approximate surface area is 92.1 Å². The van der Waals surface area contributed by atoms with Crippen LogP contribution < -0.4 is 0 Å². The quantitative estimate of drug-likeness (QED) is 0.306. The van der Waals surface area contributed by atoms with Gasteiger partial charge in [-0.15, -0.1) is 12.6 Å². The maximum Gasteiger partial charge on any atom is 0.343 e. The number of rotatable bonds is 7. The van der Waals surface area contributed by atoms with E-state index in [0.717, 1.165) is 12.8 Å². The largest absolute Gasteiger partial charge is 0.459 e. The van der Waals surface area contributed by atoms with Crippen LogP contribution in [-0.2, 0) is 9.53 Å². The van der Waals surface area contributed by atoms with E-state index in [1.54, 1.807) is 0 Å². The second kappa shape index (κ2) is 7.92. The van der Waals surface area contributed by atoms with Crippen molar-refractivity contribution >= 4 is 18.6 Å². The van der Waals surface area contributed by atoms with Gasteiger partial charge in [0, 0.05) is 0 Å². The number of ether oxygens (including phenoxy) is 1. The number of hydrogen-bond donors (Lipinski definition) is 1. The van der Waals surface area contributed by atoms with Gasteiger partial charge < -0.3 is 4.74 Å². The molecule has 82 valence electrons. The van der Waals surface area contributed by atoms with Crippen LogP contribution in [0.4, 0.5) is 0 Å². The fourth-order valence-corrected chi connectivity index (χ4v) is 1.22. The first-order valence-corrected chi connectivity index (χ1v) is 5.61. The van der Waals surface area contributed by atoms with E-state index in [9.17, 15) is 4.79 Å². The van der Waals surface area contributed by atoms with Gasteiger partial charge in [0.1, 0.15) is 0 Å². The Bertz CT molecular complexity index is 190. The third-order valence-corrected chi connectivity index (χ3v) is 2.19. The Hall–Kier alpha value is -0.440. The Balaban J connectivity index is 3.50. The van der Waals surface area contributed by atoms with Gasteiger partial charge in [0.05, 0.1) is 11.0 Å². The number of carbonyl (C=O) groups is 1. The van der Waals surface area contributed by atoms with E-state index in [1.165, 1.54) is 19.3 Å². The summed E-state index contributed by atoms with van der Waals surface area (Å²) in [6.45, 7) is 7.49. The summed E-state index contributed by atoms with van der Waals surface area (Å²) in [5.74, 6) is -0.406. The van der Waals surface area contributed by atoms with Gasteiger partial charge in [-0.25, -0.2) is 4.79 Å². The minimum atomic E-state index is -0.406. The van der Waals surface area contributed by atoms with Crippen LogP contribution in [0.15, 0.2) is 11.5 Å². The Morgan fingerprint density at radius 1 is 1.43 bits per heavy atom. The van der Waals surface area contributed by atoms with Crippen molar-refractivity contribution in [2.45, 2.75) is 52.1 Å². The molecule has 0 aliphatic rings. The van der Waals surface area contributed by atoms with Crippen LogP contribution >= 0.6 is 12.6 Å². The molecular formula is C11H20O2S. The van der Waals surface area contributed by atoms with Gasteiger partial charge in [-0.05, 0) is 19.8 Å². The summed E-state index contributed by atoms with van der Waals surface area (Å²) < 4.78 is 5.08. The van der Waals surface area contributed by atoms with Gasteiger partial charge in [0.15, 0.2) is 0 Å². The SMILES string of the molecule is C=C(S)C(=O)OC(C)CCCCCC. The Morgan fingerprint density at radius 3 is 2.57 bits per heavy atom. The standard InChI is InChI=1S/C11H20O2S/c1-4-5-6-7-8-9(2)13-11(12)10(3)14/h9,14H,3-8H2,1-2H3. The predicted molar refractivity (Wildman–Crippen MR) is 62.4 cm³/mol. The van der Waals surface area contributed by atoms with E-state index in [1.807, 2.05) is 6.92 Å². The number of unbranched alkanes of at least 4 members (excludes halogenated alkanes) is 3. The molecule has 0 aliphatic heterocycles. The Morgan fingerprint density at radius 2 is 2.07 bits per heavy atom. The molecule has 0 bridgehead atoms. The minimum absolute atomic E-state index is 0.0248. The Kier molecular flexibility index (Phi) is 7.67. The molecule has 3 heteroatoms. The van der Waals surface area contributed by atoms with E-state index in [-0.39, 0.29) is 11.0 Å². The molecule has 0 N–H and O–H groups in total. The van der Waals surface area contributed by atoms with Crippen molar-refractivity contribution in [1.82, 2.24) is 0 Å². The minimum Gasteiger partial charge on any atom is -0.459 e. The molecule has 1 unspecified atom stereocenters. The van der Waals surface area contributed by atoms with E-state index in [4.69, 9.17) is 4.74 Å². The van der Waals surface area contributed by atoms with Gasteiger partial charge in [-0.1, -0.05) is 32.8 Å². The van der Waals surface area contributed by atoms with Gasteiger partial charge >= 0.3 is 5.97 Å². The van der Waals surface area contributed by atoms with Gasteiger partial charge in [-0.3, -0.25) is 0 Å². The lowest BCUT2D eigenvalue weighted by Crippen LogP contribution is -2.14. The number of thiol groups is 1. The molecule has 0 spiro atoms. The summed E-state index contributed by atoms with van der Waals surface area (Å²) in [6, 6.07) is 0. The monoisotopic (exact) mass is 216 g/mol. The normalized spacial score (nSPS) is 12.2. The van der Waals surface area contributed by atoms with Gasteiger partial charge in [-0.2, -0.15) is 0 Å². The molecule has 0 aromatic carbocycles. The van der Waals surface area contributed by atoms with Crippen LogP contribution in [0.25, 0.3) is 0 Å². The van der Waals surface area contributed by atoms with E-state index in [0.29, 0.717) is 0 Å². The molecule has 0 heterocycles. The second-order valence-corrected chi connectivity index (χ2v) is 4.05. The first kappa shape index (κ1) is 13.6. The molecule has 0 rings (SSSR count). The number of hydrogen-bond acceptors (Lipinski definition) is 3. The van der Waals surface area contributed by atoms with Crippen LogP contribution in [0.3, 0.4) is 0 Å². The summed E-state index contributed by atoms with van der Waals surface area (Å²) >= 11 is 3.82. The maximum absolute atomic E-state index is 11.0. The average Bonchev–Trinajstić information content (AvgIpc) is 2.12. The summed E-state index contributed by atoms with van der Waals surface area (Å²) in [7, 11) is 0. The highest BCUT2D eigenvalue weighted by atomic mass is 32.1. The van der Waals surface area contributed by atoms with Crippen molar-refractivity contribution in [1.29, 1.82) is 0 Å². The molecule has 0 saturated heterocycles. The summed E-state index contributed by atoms with van der Waals surface area (Å²) in [4.78, 5) is 11.2. The maximum atomic E-state index is 11.0. The van der Waals surface area contributed by atoms with Crippen molar-refractivity contribution in [3.05, 3.63) is 11.5 Å². The van der Waals surface area contributed by atoms with Crippen molar-refractivity contribution in [3.63, 3.8) is 0 Å². The lowest BCUT2D eigenvalue weighted by molar-refractivity contribution is -0.142. The van der Waals surface area contributed by atoms with Crippen molar-refractivity contribution in [2.24, 2.45) is 0 Å². The average molecular weight is 216 g/mol. The molecule has 14 heavy (non-hydrogen) atoms. The number of esters is 1. The lowest BCUT2D eigenvalue weighted by Gasteiger charge is -2.12. The highest BCUT2D eigenvalue weighted by Crippen LogP contribution is 2.10. The van der Waals surface area contributed by atoms with Crippen LogP contribution in [0, 0.1) is 0 Å². The van der Waals surface area contributed by atoms with Crippen LogP contribution in [0.5, 0.6) is 0 Å². The molecule has 0 saturated carbocycles. The lowest BCUT2D eigenvalue weighted by atomic mass is 10.1. The van der Waals surface area contributed by atoms with Crippen LogP contribution in [-0.4, -0.2) is 12.1 Å². The molecule has 1 atom stereocenters. The first-order valence-electron chi connectivity index (χ1n) is 5.16. The van der Waals surface area contributed by atoms with E-state index in [2.05, 4.69) is 26.1 Å². The van der Waals surface area contributed by atoms with Gasteiger partial charge in [0.2, 0.25) is 0 Å². The van der Waals surface area contributed by atoms with E-state index < -0.39 is 5.97 Å². The number of carbonyl (C=O) groups excluding carboxylic acids is 1. The van der Waals surface area contributed by atoms with Crippen LogP contribution in [0.1, 0.15) is 46.0 Å². The summed E-state index contributed by atoms with van der Waals surface area (Å²) in [5.41, 5.74) is 0. The zero-order chi connectivity index (χ0) is 11.0. The molecule has 0 aliphatic carbocycles. The summed E-state index contributed by atoms with van der Waals surface area (Å²) in [6.07, 6.45) is 5.69. The molecule has 0 aromatic heterocycles. The highest BCUT2D eigenvalue weighted by Gasteiger charge is 2.09. The zero-order valence-corrected chi connectivity index (χ0v) is 9.98. The molecule has 0 radical (unpaired) electrons. The topological polar surface area (TPSA) is 26.3 Å². The molecular weight excluding hydrogens is 196 g/mol. The second-order valence-electron chi connectivity index (χ2n) is 3.51. The highest BCUT2D eigenvalue weighted by molar-refractivity contribution is 7.85. The first-order chi connectivity index (χ1) is 6.57. The third-order valence-electron chi connectivity index (χ3n) is 2.01. The molecule has 0 amide bonds. The summed E-state index contributed by atoms with van der Waals surface area (Å²) in [5, 5.41) is 0. The fourth-order valence-electron chi connectivity index (χ4n) is 1.17. The van der Waals surface area contributed by atoms with Crippen molar-refractivity contribution in [3.8, 4) is 0 Å². The fraction of sp³-hybridized carbons (Fsp3) is 0.727. The van der Waals surface area contributed by atoms with Crippen molar-refractivity contribution in [2.75, 3.05) is 0 Å². The molecule has 0 aromatic rings. The zero-order valence-electron chi connectivity index (χ0n) is 9.08. The van der Waals surface area contributed by atoms with Gasteiger partial charge in [0.25, 0.3) is 0 Å². The third kappa shape index (κ3) is 7.01. The smallest absolute Gasteiger partial charge is 0.343 e.